The van der Waals surface area contributed by atoms with Crippen molar-refractivity contribution in [1.82, 2.24) is 0 Å². The molecule has 0 atom stereocenters. The van der Waals surface area contributed by atoms with Gasteiger partial charge in [0.2, 0.25) is 0 Å². The predicted molar refractivity (Wildman–Crippen MR) is 126 cm³/mol. The van der Waals surface area contributed by atoms with Gasteiger partial charge in [0.05, 0.1) is 17.7 Å². The standard InChI is InChI=1S/C21H14INO3S2/c1-25-16-8-6-15(7-9-16)23-20(24)19(28-21(23)27)12-17-10-11-18(26-17)13-2-4-14(22)5-3-13/h2-12H,1H3/b19-12+. The third kappa shape index (κ3) is 3.87. The first-order chi connectivity index (χ1) is 13.5. The van der Waals surface area contributed by atoms with E-state index in [0.29, 0.717) is 20.7 Å². The van der Waals surface area contributed by atoms with Crippen LogP contribution in [0.1, 0.15) is 5.76 Å². The number of benzene rings is 2. The molecule has 0 aliphatic carbocycles. The van der Waals surface area contributed by atoms with E-state index in [9.17, 15) is 4.79 Å². The van der Waals surface area contributed by atoms with E-state index in [1.54, 1.807) is 25.3 Å². The average Bonchev–Trinajstić information content (AvgIpc) is 3.27. The molecule has 2 aromatic carbocycles. The van der Waals surface area contributed by atoms with Gasteiger partial charge in [-0.2, -0.15) is 0 Å². The van der Waals surface area contributed by atoms with Crippen LogP contribution in [-0.4, -0.2) is 17.3 Å². The Morgan fingerprint density at radius 1 is 1.07 bits per heavy atom. The zero-order chi connectivity index (χ0) is 19.7. The molecule has 28 heavy (non-hydrogen) atoms. The summed E-state index contributed by atoms with van der Waals surface area (Å²) in [4.78, 5) is 14.9. The first-order valence-corrected chi connectivity index (χ1v) is 10.6. The van der Waals surface area contributed by atoms with Crippen LogP contribution in [0.15, 0.2) is 70.0 Å². The Kier molecular flexibility index (Phi) is 5.56. The van der Waals surface area contributed by atoms with Crippen molar-refractivity contribution in [3.05, 3.63) is 74.9 Å². The van der Waals surface area contributed by atoms with Crippen molar-refractivity contribution in [2.24, 2.45) is 0 Å². The van der Waals surface area contributed by atoms with E-state index in [1.165, 1.54) is 16.7 Å². The third-order valence-corrected chi connectivity index (χ3v) is 6.17. The van der Waals surface area contributed by atoms with Gasteiger partial charge >= 0.3 is 0 Å². The average molecular weight is 519 g/mol. The summed E-state index contributed by atoms with van der Waals surface area (Å²) in [6.07, 6.45) is 1.74. The number of ether oxygens (including phenoxy) is 1. The molecule has 1 fully saturated rings. The molecular formula is C21H14INO3S2. The summed E-state index contributed by atoms with van der Waals surface area (Å²) in [5.74, 6) is 1.94. The molecule has 4 nitrogen and oxygen atoms in total. The number of amides is 1. The third-order valence-electron chi connectivity index (χ3n) is 4.15. The molecule has 7 heteroatoms. The Hall–Kier alpha value is -2.10. The molecule has 1 aliphatic heterocycles. The molecule has 0 saturated carbocycles. The Morgan fingerprint density at radius 2 is 1.79 bits per heavy atom. The number of thiocarbonyl (C=S) groups is 1. The maximum absolute atomic E-state index is 12.9. The van der Waals surface area contributed by atoms with Crippen LogP contribution in [0.5, 0.6) is 5.75 Å². The summed E-state index contributed by atoms with van der Waals surface area (Å²) in [6, 6.07) is 19.1. The highest BCUT2D eigenvalue weighted by molar-refractivity contribution is 14.1. The number of rotatable bonds is 4. The topological polar surface area (TPSA) is 42.7 Å². The van der Waals surface area contributed by atoms with Gasteiger partial charge in [-0.25, -0.2) is 0 Å². The normalized spacial score (nSPS) is 15.5. The minimum absolute atomic E-state index is 0.160. The summed E-state index contributed by atoms with van der Waals surface area (Å²) < 4.78 is 12.7. The van der Waals surface area contributed by atoms with Gasteiger partial charge in [-0.05, 0) is 71.1 Å². The minimum atomic E-state index is -0.160. The summed E-state index contributed by atoms with van der Waals surface area (Å²) in [6.45, 7) is 0. The molecule has 0 N–H and O–H groups in total. The lowest BCUT2D eigenvalue weighted by Gasteiger charge is -2.14. The second-order valence-corrected chi connectivity index (χ2v) is 8.85. The van der Waals surface area contributed by atoms with Crippen LogP contribution < -0.4 is 9.64 Å². The second kappa shape index (κ2) is 8.10. The van der Waals surface area contributed by atoms with E-state index in [-0.39, 0.29) is 5.91 Å². The first-order valence-electron chi connectivity index (χ1n) is 8.33. The number of nitrogens with zero attached hydrogens (tertiary/aromatic N) is 1. The minimum Gasteiger partial charge on any atom is -0.497 e. The van der Waals surface area contributed by atoms with Gasteiger partial charge in [0.25, 0.3) is 5.91 Å². The number of hydrogen-bond acceptors (Lipinski definition) is 5. The monoisotopic (exact) mass is 519 g/mol. The zero-order valence-corrected chi connectivity index (χ0v) is 18.5. The molecule has 0 unspecified atom stereocenters. The van der Waals surface area contributed by atoms with Crippen molar-refractivity contribution in [2.75, 3.05) is 12.0 Å². The van der Waals surface area contributed by atoms with Gasteiger partial charge in [0.1, 0.15) is 17.3 Å². The molecule has 2 heterocycles. The lowest BCUT2D eigenvalue weighted by Crippen LogP contribution is -2.27. The van der Waals surface area contributed by atoms with Crippen molar-refractivity contribution < 1.29 is 13.9 Å². The Bertz CT molecular complexity index is 1070. The molecule has 3 aromatic rings. The maximum atomic E-state index is 12.9. The number of anilines is 1. The number of furan rings is 1. The first kappa shape index (κ1) is 19.2. The molecule has 0 spiro atoms. The van der Waals surface area contributed by atoms with Gasteiger partial charge in [-0.3, -0.25) is 9.69 Å². The summed E-state index contributed by atoms with van der Waals surface area (Å²) in [7, 11) is 1.60. The van der Waals surface area contributed by atoms with E-state index in [1.807, 2.05) is 48.5 Å². The van der Waals surface area contributed by atoms with E-state index >= 15 is 0 Å². The number of halogens is 1. The number of carbonyl (C=O) groups is 1. The van der Waals surface area contributed by atoms with Crippen LogP contribution in [0.2, 0.25) is 0 Å². The molecule has 0 radical (unpaired) electrons. The van der Waals surface area contributed by atoms with Gasteiger partial charge < -0.3 is 9.15 Å². The molecular weight excluding hydrogens is 505 g/mol. The fourth-order valence-corrected chi connectivity index (χ4v) is 4.39. The van der Waals surface area contributed by atoms with E-state index < -0.39 is 0 Å². The van der Waals surface area contributed by atoms with Crippen LogP contribution >= 0.6 is 46.6 Å². The predicted octanol–water partition coefficient (Wildman–Crippen LogP) is 5.97. The van der Waals surface area contributed by atoms with Crippen molar-refractivity contribution >= 4 is 68.6 Å². The van der Waals surface area contributed by atoms with Crippen molar-refractivity contribution in [3.8, 4) is 17.1 Å². The Balaban J connectivity index is 1.58. The van der Waals surface area contributed by atoms with E-state index in [2.05, 4.69) is 22.6 Å². The van der Waals surface area contributed by atoms with Gasteiger partial charge in [0.15, 0.2) is 4.32 Å². The van der Waals surface area contributed by atoms with Crippen LogP contribution in [0.25, 0.3) is 17.4 Å². The van der Waals surface area contributed by atoms with Crippen molar-refractivity contribution in [2.45, 2.75) is 0 Å². The number of thioether (sulfide) groups is 1. The molecule has 1 saturated heterocycles. The lowest BCUT2D eigenvalue weighted by molar-refractivity contribution is -0.113. The van der Waals surface area contributed by atoms with Crippen molar-refractivity contribution in [3.63, 3.8) is 0 Å². The zero-order valence-electron chi connectivity index (χ0n) is 14.7. The number of carbonyl (C=O) groups excluding carboxylic acids is 1. The maximum Gasteiger partial charge on any atom is 0.270 e. The quantitative estimate of drug-likeness (QED) is 0.242. The van der Waals surface area contributed by atoms with Crippen molar-refractivity contribution in [1.29, 1.82) is 0 Å². The molecule has 1 amide bonds. The highest BCUT2D eigenvalue weighted by atomic mass is 127. The van der Waals surface area contributed by atoms with E-state index in [0.717, 1.165) is 20.6 Å². The Morgan fingerprint density at radius 3 is 2.46 bits per heavy atom. The highest BCUT2D eigenvalue weighted by Gasteiger charge is 2.33. The fourth-order valence-electron chi connectivity index (χ4n) is 2.75. The molecule has 140 valence electrons. The van der Waals surface area contributed by atoms with Gasteiger partial charge in [-0.15, -0.1) is 0 Å². The van der Waals surface area contributed by atoms with Gasteiger partial charge in [-0.1, -0.05) is 36.1 Å². The fraction of sp³-hybridized carbons (Fsp3) is 0.0476. The number of hydrogen-bond donors (Lipinski definition) is 0. The molecule has 4 rings (SSSR count). The molecule has 1 aliphatic rings. The Labute approximate surface area is 185 Å². The summed E-state index contributed by atoms with van der Waals surface area (Å²) in [5, 5.41) is 0. The van der Waals surface area contributed by atoms with Crippen LogP contribution in [0, 0.1) is 3.57 Å². The van der Waals surface area contributed by atoms with Crippen LogP contribution in [0.4, 0.5) is 5.69 Å². The molecule has 1 aromatic heterocycles. The molecule has 0 bridgehead atoms. The largest absolute Gasteiger partial charge is 0.497 e. The summed E-state index contributed by atoms with van der Waals surface area (Å²) in [5.41, 5.74) is 1.71. The second-order valence-electron chi connectivity index (χ2n) is 5.92. The SMILES string of the molecule is COc1ccc(N2C(=O)/C(=C\c3ccc(-c4ccc(I)cc4)o3)SC2=S)cc1. The lowest BCUT2D eigenvalue weighted by atomic mass is 10.2. The van der Waals surface area contributed by atoms with Gasteiger partial charge in [0, 0.05) is 15.2 Å². The van der Waals surface area contributed by atoms with Crippen LogP contribution in [0.3, 0.4) is 0 Å². The highest BCUT2D eigenvalue weighted by Crippen LogP contribution is 2.37. The van der Waals surface area contributed by atoms with Crippen LogP contribution in [-0.2, 0) is 4.79 Å². The van der Waals surface area contributed by atoms with E-state index in [4.69, 9.17) is 21.4 Å². The summed E-state index contributed by atoms with van der Waals surface area (Å²) >= 11 is 8.94. The number of methoxy groups -OCH3 is 1. The smallest absolute Gasteiger partial charge is 0.270 e.